The third-order valence-corrected chi connectivity index (χ3v) is 3.93. The average Bonchev–Trinajstić information content (AvgIpc) is 3.21. The van der Waals surface area contributed by atoms with Gasteiger partial charge in [-0.2, -0.15) is 18.3 Å². The summed E-state index contributed by atoms with van der Waals surface area (Å²) in [7, 11) is 0. The Morgan fingerprint density at radius 1 is 0.966 bits per heavy atom. The van der Waals surface area contributed by atoms with Crippen LogP contribution >= 0.6 is 0 Å². The van der Waals surface area contributed by atoms with Crippen molar-refractivity contribution in [2.24, 2.45) is 0 Å². The van der Waals surface area contributed by atoms with Gasteiger partial charge in [-0.3, -0.25) is 9.59 Å². The van der Waals surface area contributed by atoms with Crippen LogP contribution in [-0.2, 0) is 22.2 Å². The number of hydrogen-bond acceptors (Lipinski definition) is 4. The van der Waals surface area contributed by atoms with E-state index in [1.807, 2.05) is 0 Å². The van der Waals surface area contributed by atoms with Crippen LogP contribution in [0, 0.1) is 0 Å². The third-order valence-electron chi connectivity index (χ3n) is 3.93. The fourth-order valence-electron chi connectivity index (χ4n) is 2.48. The van der Waals surface area contributed by atoms with Crippen molar-refractivity contribution in [1.82, 2.24) is 20.1 Å². The second kappa shape index (κ2) is 8.55. The molecule has 3 rings (SSSR count). The van der Waals surface area contributed by atoms with Crippen LogP contribution < -0.4 is 10.6 Å². The Balaban J connectivity index is 1.46. The maximum Gasteiger partial charge on any atom is 0.416 e. The number of anilines is 1. The quantitative estimate of drug-likeness (QED) is 0.662. The zero-order valence-electron chi connectivity index (χ0n) is 15.0. The van der Waals surface area contributed by atoms with E-state index in [-0.39, 0.29) is 13.0 Å². The van der Waals surface area contributed by atoms with Gasteiger partial charge in [0.25, 0.3) is 0 Å². The maximum atomic E-state index is 12.5. The molecule has 0 saturated carbocycles. The van der Waals surface area contributed by atoms with E-state index in [1.54, 1.807) is 35.3 Å². The van der Waals surface area contributed by atoms with Gasteiger partial charge in [-0.25, -0.2) is 9.67 Å². The molecule has 2 amide bonds. The molecule has 0 bridgehead atoms. The lowest BCUT2D eigenvalue weighted by Gasteiger charge is -2.09. The van der Waals surface area contributed by atoms with Gasteiger partial charge in [-0.05, 0) is 42.0 Å². The highest BCUT2D eigenvalue weighted by Crippen LogP contribution is 2.29. The van der Waals surface area contributed by atoms with Crippen LogP contribution in [0.25, 0.3) is 5.69 Å². The number of aromatic nitrogens is 3. The maximum absolute atomic E-state index is 12.5. The Kier molecular flexibility index (Phi) is 5.91. The Labute approximate surface area is 163 Å². The van der Waals surface area contributed by atoms with Gasteiger partial charge in [-0.15, -0.1) is 0 Å². The first kappa shape index (κ1) is 20.1. The van der Waals surface area contributed by atoms with Crippen molar-refractivity contribution in [3.8, 4) is 5.69 Å². The number of halogens is 3. The van der Waals surface area contributed by atoms with Gasteiger partial charge in [0, 0.05) is 5.69 Å². The summed E-state index contributed by atoms with van der Waals surface area (Å²) in [4.78, 5) is 27.7. The number of carbonyl (C=O) groups is 2. The van der Waals surface area contributed by atoms with E-state index < -0.39 is 23.6 Å². The summed E-state index contributed by atoms with van der Waals surface area (Å²) < 4.78 is 39.2. The predicted molar refractivity (Wildman–Crippen MR) is 98.1 cm³/mol. The molecule has 0 unspecified atom stereocenters. The summed E-state index contributed by atoms with van der Waals surface area (Å²) >= 11 is 0. The normalized spacial score (nSPS) is 11.1. The molecule has 150 valence electrons. The molecule has 0 spiro atoms. The first-order valence-corrected chi connectivity index (χ1v) is 8.49. The smallest absolute Gasteiger partial charge is 0.347 e. The summed E-state index contributed by atoms with van der Waals surface area (Å²) in [6.07, 6.45) is -1.60. The fraction of sp³-hybridized carbons (Fsp3) is 0.158. The first-order chi connectivity index (χ1) is 13.8. The van der Waals surface area contributed by atoms with Crippen molar-refractivity contribution in [2.75, 3.05) is 11.9 Å². The third kappa shape index (κ3) is 5.64. The number of amides is 2. The summed E-state index contributed by atoms with van der Waals surface area (Å²) in [6, 6.07) is 11.1. The van der Waals surface area contributed by atoms with E-state index >= 15 is 0 Å². The lowest BCUT2D eigenvalue weighted by Crippen LogP contribution is -2.33. The predicted octanol–water partition coefficient (Wildman–Crippen LogP) is 2.58. The van der Waals surface area contributed by atoms with E-state index in [2.05, 4.69) is 20.7 Å². The van der Waals surface area contributed by atoms with Crippen molar-refractivity contribution in [3.63, 3.8) is 0 Å². The molecular weight excluding hydrogens is 387 g/mol. The second-order valence-electron chi connectivity index (χ2n) is 6.08. The standard InChI is InChI=1S/C19H16F3N5O2/c20-19(21,22)14-3-1-13(2-4-14)9-17(28)24-10-18(29)26-15-5-7-16(8-6-15)27-12-23-11-25-27/h1-8,11-12H,9-10H2,(H,24,28)(H,26,29). The van der Waals surface area contributed by atoms with Gasteiger partial charge in [-0.1, -0.05) is 12.1 Å². The topological polar surface area (TPSA) is 88.9 Å². The van der Waals surface area contributed by atoms with Crippen LogP contribution in [0.15, 0.2) is 61.2 Å². The van der Waals surface area contributed by atoms with Crippen LogP contribution in [0.4, 0.5) is 18.9 Å². The van der Waals surface area contributed by atoms with Crippen LogP contribution in [0.5, 0.6) is 0 Å². The molecule has 1 aromatic heterocycles. The minimum absolute atomic E-state index is 0.127. The summed E-state index contributed by atoms with van der Waals surface area (Å²) in [5.41, 5.74) is 0.941. The van der Waals surface area contributed by atoms with Gasteiger partial charge in [0.2, 0.25) is 11.8 Å². The minimum Gasteiger partial charge on any atom is -0.347 e. The number of benzene rings is 2. The molecule has 0 radical (unpaired) electrons. The molecule has 7 nitrogen and oxygen atoms in total. The molecule has 0 aliphatic rings. The van der Waals surface area contributed by atoms with Gasteiger partial charge >= 0.3 is 6.18 Å². The van der Waals surface area contributed by atoms with E-state index in [0.29, 0.717) is 11.3 Å². The molecular formula is C19H16F3N5O2. The summed E-state index contributed by atoms with van der Waals surface area (Å²) in [6.45, 7) is -0.260. The zero-order chi connectivity index (χ0) is 20.9. The monoisotopic (exact) mass is 403 g/mol. The molecule has 0 aliphatic heterocycles. The molecule has 0 aliphatic carbocycles. The zero-order valence-corrected chi connectivity index (χ0v) is 15.0. The van der Waals surface area contributed by atoms with E-state index in [1.165, 1.54) is 18.5 Å². The molecule has 2 N–H and O–H groups in total. The molecule has 2 aromatic carbocycles. The second-order valence-corrected chi connectivity index (χ2v) is 6.08. The summed E-state index contributed by atoms with van der Waals surface area (Å²) in [5, 5.41) is 9.06. The Morgan fingerprint density at radius 3 is 2.24 bits per heavy atom. The molecule has 0 fully saturated rings. The number of alkyl halides is 3. The van der Waals surface area contributed by atoms with Gasteiger partial charge in [0.05, 0.1) is 24.2 Å². The Hall–Kier alpha value is -3.69. The van der Waals surface area contributed by atoms with Crippen molar-refractivity contribution >= 4 is 17.5 Å². The van der Waals surface area contributed by atoms with Crippen LogP contribution in [0.1, 0.15) is 11.1 Å². The van der Waals surface area contributed by atoms with E-state index in [4.69, 9.17) is 0 Å². The Morgan fingerprint density at radius 2 is 1.66 bits per heavy atom. The van der Waals surface area contributed by atoms with Gasteiger partial charge in [0.15, 0.2) is 0 Å². The number of hydrogen-bond donors (Lipinski definition) is 2. The number of nitrogens with one attached hydrogen (secondary N) is 2. The first-order valence-electron chi connectivity index (χ1n) is 8.49. The molecule has 29 heavy (non-hydrogen) atoms. The highest BCUT2D eigenvalue weighted by molar-refractivity contribution is 5.94. The molecule has 0 atom stereocenters. The lowest BCUT2D eigenvalue weighted by molar-refractivity contribution is -0.137. The number of rotatable bonds is 6. The van der Waals surface area contributed by atoms with E-state index in [9.17, 15) is 22.8 Å². The molecule has 1 heterocycles. The van der Waals surface area contributed by atoms with Gasteiger partial charge < -0.3 is 10.6 Å². The van der Waals surface area contributed by atoms with Crippen molar-refractivity contribution < 1.29 is 22.8 Å². The van der Waals surface area contributed by atoms with Crippen LogP contribution in [0.2, 0.25) is 0 Å². The molecule has 10 heteroatoms. The van der Waals surface area contributed by atoms with Crippen LogP contribution in [-0.4, -0.2) is 33.1 Å². The lowest BCUT2D eigenvalue weighted by atomic mass is 10.1. The molecule has 0 saturated heterocycles. The van der Waals surface area contributed by atoms with Crippen molar-refractivity contribution in [1.29, 1.82) is 0 Å². The number of nitrogens with zero attached hydrogens (tertiary/aromatic N) is 3. The molecule has 3 aromatic rings. The highest BCUT2D eigenvalue weighted by Gasteiger charge is 2.29. The van der Waals surface area contributed by atoms with Crippen molar-refractivity contribution in [3.05, 3.63) is 72.3 Å². The highest BCUT2D eigenvalue weighted by atomic mass is 19.4. The Bertz CT molecular complexity index is 969. The number of carbonyl (C=O) groups excluding carboxylic acids is 2. The van der Waals surface area contributed by atoms with Crippen LogP contribution in [0.3, 0.4) is 0 Å². The largest absolute Gasteiger partial charge is 0.416 e. The minimum atomic E-state index is -4.42. The van der Waals surface area contributed by atoms with E-state index in [0.717, 1.165) is 17.8 Å². The summed E-state index contributed by atoms with van der Waals surface area (Å²) in [5.74, 6) is -0.902. The average molecular weight is 403 g/mol. The van der Waals surface area contributed by atoms with Gasteiger partial charge in [0.1, 0.15) is 12.7 Å². The van der Waals surface area contributed by atoms with Crippen molar-refractivity contribution in [2.45, 2.75) is 12.6 Å². The fourth-order valence-corrected chi connectivity index (χ4v) is 2.48. The SMILES string of the molecule is O=C(Cc1ccc(C(F)(F)F)cc1)NCC(=O)Nc1ccc(-n2cncn2)cc1.